The van der Waals surface area contributed by atoms with Crippen molar-refractivity contribution in [1.82, 2.24) is 25.0 Å². The predicted molar refractivity (Wildman–Crippen MR) is 153 cm³/mol. The number of nitrogens with zero attached hydrogens (tertiary/aromatic N) is 4. The van der Waals surface area contributed by atoms with E-state index >= 15 is 0 Å². The van der Waals surface area contributed by atoms with Crippen molar-refractivity contribution in [2.24, 2.45) is 0 Å². The van der Waals surface area contributed by atoms with Gasteiger partial charge in [-0.05, 0) is 41.0 Å². The van der Waals surface area contributed by atoms with Gasteiger partial charge < -0.3 is 15.0 Å². The molecule has 0 bridgehead atoms. The fourth-order valence-corrected chi connectivity index (χ4v) is 6.03. The quantitative estimate of drug-likeness (QED) is 0.471. The maximum atomic E-state index is 13.0. The number of pyridine rings is 1. The van der Waals surface area contributed by atoms with Crippen LogP contribution in [0.3, 0.4) is 0 Å². The van der Waals surface area contributed by atoms with Gasteiger partial charge in [0.2, 0.25) is 5.91 Å². The van der Waals surface area contributed by atoms with Gasteiger partial charge in [0, 0.05) is 83.2 Å². The molecule has 3 aromatic rings. The standard InChI is InChI=1S/C32H37N5O3/c38-31(20-30-28-8-1-2-9-29(28)32(39)34-30)37-13-10-26(11-14-37)40-27-7-3-5-24(19-27)22-35-15-17-36(18-16-35)23-25-6-4-12-33-21-25/h1-9,12,19,21,26,30H,10-11,13-18,20,22-23H2,(H,34,39). The summed E-state index contributed by atoms with van der Waals surface area (Å²) >= 11 is 0. The molecule has 1 unspecified atom stereocenters. The number of piperazine rings is 1. The summed E-state index contributed by atoms with van der Waals surface area (Å²) in [5, 5.41) is 2.96. The van der Waals surface area contributed by atoms with Crippen molar-refractivity contribution >= 4 is 11.8 Å². The Balaban J connectivity index is 0.944. The summed E-state index contributed by atoms with van der Waals surface area (Å²) in [6.45, 7) is 7.45. The highest BCUT2D eigenvalue weighted by atomic mass is 16.5. The van der Waals surface area contributed by atoms with E-state index in [-0.39, 0.29) is 24.0 Å². The number of hydrogen-bond donors (Lipinski definition) is 1. The van der Waals surface area contributed by atoms with Gasteiger partial charge in [0.15, 0.2) is 0 Å². The summed E-state index contributed by atoms with van der Waals surface area (Å²) in [6.07, 6.45) is 5.79. The molecule has 0 aliphatic carbocycles. The molecule has 0 saturated carbocycles. The van der Waals surface area contributed by atoms with Gasteiger partial charge in [-0.2, -0.15) is 0 Å². The molecule has 4 heterocycles. The number of amides is 2. The number of aromatic nitrogens is 1. The summed E-state index contributed by atoms with van der Waals surface area (Å²) < 4.78 is 6.36. The first-order valence-electron chi connectivity index (χ1n) is 14.4. The van der Waals surface area contributed by atoms with E-state index in [1.54, 1.807) is 0 Å². The number of fused-ring (bicyclic) bond motifs is 1. The second-order valence-electron chi connectivity index (χ2n) is 11.1. The van der Waals surface area contributed by atoms with Crippen LogP contribution in [0.1, 0.15) is 52.4 Å². The van der Waals surface area contributed by atoms with Crippen molar-refractivity contribution in [1.29, 1.82) is 0 Å². The van der Waals surface area contributed by atoms with E-state index < -0.39 is 0 Å². The zero-order valence-electron chi connectivity index (χ0n) is 22.9. The minimum absolute atomic E-state index is 0.0861. The molecule has 0 spiro atoms. The maximum absolute atomic E-state index is 13.0. The molecule has 8 heteroatoms. The second kappa shape index (κ2) is 12.2. The Hall–Kier alpha value is -3.75. The normalized spacial score (nSPS) is 20.2. The molecule has 1 atom stereocenters. The molecule has 1 aromatic heterocycles. The van der Waals surface area contributed by atoms with E-state index in [1.807, 2.05) is 53.7 Å². The van der Waals surface area contributed by atoms with Gasteiger partial charge in [-0.3, -0.25) is 24.4 Å². The van der Waals surface area contributed by atoms with Crippen LogP contribution in [0.15, 0.2) is 73.1 Å². The van der Waals surface area contributed by atoms with Crippen LogP contribution < -0.4 is 10.1 Å². The Morgan fingerprint density at radius 1 is 0.875 bits per heavy atom. The van der Waals surface area contributed by atoms with Gasteiger partial charge in [-0.1, -0.05) is 36.4 Å². The van der Waals surface area contributed by atoms with Crippen molar-refractivity contribution < 1.29 is 14.3 Å². The molecule has 3 aliphatic rings. The third-order valence-corrected chi connectivity index (χ3v) is 8.26. The number of rotatable bonds is 8. The molecule has 2 amide bonds. The molecular formula is C32H37N5O3. The molecule has 40 heavy (non-hydrogen) atoms. The van der Waals surface area contributed by atoms with E-state index in [0.717, 1.165) is 63.4 Å². The number of piperidine rings is 1. The van der Waals surface area contributed by atoms with Gasteiger partial charge in [-0.25, -0.2) is 0 Å². The summed E-state index contributed by atoms with van der Waals surface area (Å²) in [7, 11) is 0. The lowest BCUT2D eigenvalue weighted by atomic mass is 10.0. The first kappa shape index (κ1) is 26.5. The van der Waals surface area contributed by atoms with Crippen molar-refractivity contribution in [3.63, 3.8) is 0 Å². The minimum atomic E-state index is -0.239. The van der Waals surface area contributed by atoms with Gasteiger partial charge in [0.05, 0.1) is 12.5 Å². The van der Waals surface area contributed by atoms with E-state index in [4.69, 9.17) is 4.74 Å². The van der Waals surface area contributed by atoms with Gasteiger partial charge >= 0.3 is 0 Å². The molecule has 6 rings (SSSR count). The number of likely N-dealkylation sites (tertiary alicyclic amines) is 1. The molecule has 8 nitrogen and oxygen atoms in total. The lowest BCUT2D eigenvalue weighted by molar-refractivity contribution is -0.133. The first-order valence-corrected chi connectivity index (χ1v) is 14.4. The van der Waals surface area contributed by atoms with E-state index in [2.05, 4.69) is 44.4 Å². The number of nitrogens with one attached hydrogen (secondary N) is 1. The Morgan fingerprint density at radius 2 is 1.60 bits per heavy atom. The third kappa shape index (κ3) is 6.35. The van der Waals surface area contributed by atoms with E-state index in [9.17, 15) is 9.59 Å². The average molecular weight is 540 g/mol. The number of benzene rings is 2. The van der Waals surface area contributed by atoms with Crippen LogP contribution >= 0.6 is 0 Å². The predicted octanol–water partition coefficient (Wildman–Crippen LogP) is 3.64. The zero-order chi connectivity index (χ0) is 27.3. The summed E-state index contributed by atoms with van der Waals surface area (Å²) in [5.74, 6) is 0.900. The SMILES string of the molecule is O=C1NC(CC(=O)N2CCC(Oc3cccc(CN4CCN(Cc5cccnc5)CC4)c3)CC2)c2ccccc21. The average Bonchev–Trinajstić information content (AvgIpc) is 3.30. The number of ether oxygens (including phenoxy) is 1. The van der Waals surface area contributed by atoms with Crippen molar-refractivity contribution in [2.45, 2.75) is 44.5 Å². The van der Waals surface area contributed by atoms with Gasteiger partial charge in [0.1, 0.15) is 11.9 Å². The van der Waals surface area contributed by atoms with Crippen LogP contribution in [0, 0.1) is 0 Å². The van der Waals surface area contributed by atoms with Crippen molar-refractivity contribution in [3.05, 3.63) is 95.3 Å². The van der Waals surface area contributed by atoms with Crippen LogP contribution in [0.2, 0.25) is 0 Å². The Bertz CT molecular complexity index is 1320. The molecular weight excluding hydrogens is 502 g/mol. The third-order valence-electron chi connectivity index (χ3n) is 8.26. The summed E-state index contributed by atoms with van der Waals surface area (Å²) in [5.41, 5.74) is 4.14. The Morgan fingerprint density at radius 3 is 2.35 bits per heavy atom. The molecule has 208 valence electrons. The molecule has 2 aromatic carbocycles. The van der Waals surface area contributed by atoms with Crippen LogP contribution in [0.25, 0.3) is 0 Å². The molecule has 2 saturated heterocycles. The number of carbonyl (C=O) groups excluding carboxylic acids is 2. The van der Waals surface area contributed by atoms with Gasteiger partial charge in [0.25, 0.3) is 5.91 Å². The minimum Gasteiger partial charge on any atom is -0.490 e. The molecule has 3 aliphatic heterocycles. The summed E-state index contributed by atoms with van der Waals surface area (Å²) in [4.78, 5) is 36.4. The Kier molecular flexibility index (Phi) is 8.07. The van der Waals surface area contributed by atoms with Crippen LogP contribution in [0.5, 0.6) is 5.75 Å². The topological polar surface area (TPSA) is 78.0 Å². The fourth-order valence-electron chi connectivity index (χ4n) is 6.03. The highest BCUT2D eigenvalue weighted by Crippen LogP contribution is 2.29. The summed E-state index contributed by atoms with van der Waals surface area (Å²) in [6, 6.07) is 19.9. The van der Waals surface area contributed by atoms with E-state index in [0.29, 0.717) is 25.1 Å². The van der Waals surface area contributed by atoms with Crippen LogP contribution in [-0.4, -0.2) is 76.9 Å². The largest absolute Gasteiger partial charge is 0.490 e. The number of carbonyl (C=O) groups is 2. The molecule has 1 N–H and O–H groups in total. The molecule has 0 radical (unpaired) electrons. The first-order chi connectivity index (χ1) is 19.6. The smallest absolute Gasteiger partial charge is 0.252 e. The number of hydrogen-bond acceptors (Lipinski definition) is 6. The Labute approximate surface area is 235 Å². The van der Waals surface area contributed by atoms with Crippen LogP contribution in [0.4, 0.5) is 0 Å². The lowest BCUT2D eigenvalue weighted by Crippen LogP contribution is -2.45. The molecule has 2 fully saturated rings. The van der Waals surface area contributed by atoms with Gasteiger partial charge in [-0.15, -0.1) is 0 Å². The second-order valence-corrected chi connectivity index (χ2v) is 11.1. The van der Waals surface area contributed by atoms with Crippen molar-refractivity contribution in [3.8, 4) is 5.75 Å². The maximum Gasteiger partial charge on any atom is 0.252 e. The highest BCUT2D eigenvalue weighted by molar-refractivity contribution is 5.99. The van der Waals surface area contributed by atoms with Crippen molar-refractivity contribution in [2.75, 3.05) is 39.3 Å². The highest BCUT2D eigenvalue weighted by Gasteiger charge is 2.32. The lowest BCUT2D eigenvalue weighted by Gasteiger charge is -2.35. The zero-order valence-corrected chi connectivity index (χ0v) is 22.9. The van der Waals surface area contributed by atoms with Crippen LogP contribution in [-0.2, 0) is 17.9 Å². The monoisotopic (exact) mass is 539 g/mol. The van der Waals surface area contributed by atoms with E-state index in [1.165, 1.54) is 11.1 Å². The fraction of sp³-hybridized carbons (Fsp3) is 0.406.